The normalized spacial score (nSPS) is 15.9. The van der Waals surface area contributed by atoms with Crippen LogP contribution in [0.15, 0.2) is 35.3 Å². The van der Waals surface area contributed by atoms with Gasteiger partial charge >= 0.3 is 0 Å². The van der Waals surface area contributed by atoms with Gasteiger partial charge in [-0.15, -0.1) is 0 Å². The highest BCUT2D eigenvalue weighted by Crippen LogP contribution is 2.21. The first-order valence-corrected chi connectivity index (χ1v) is 8.26. The van der Waals surface area contributed by atoms with Gasteiger partial charge in [-0.05, 0) is 18.6 Å². The van der Waals surface area contributed by atoms with Crippen LogP contribution in [0.2, 0.25) is 10.0 Å². The molecule has 2 aromatic rings. The van der Waals surface area contributed by atoms with Gasteiger partial charge in [0.25, 0.3) is 5.56 Å². The van der Waals surface area contributed by atoms with Gasteiger partial charge in [0, 0.05) is 31.9 Å². The van der Waals surface area contributed by atoms with E-state index in [2.05, 4.69) is 46.1 Å². The van der Waals surface area contributed by atoms with E-state index in [1.807, 2.05) is 0 Å². The Morgan fingerprint density at radius 2 is 1.83 bits per heavy atom. The summed E-state index contributed by atoms with van der Waals surface area (Å²) in [6.45, 7) is 6.12. The summed E-state index contributed by atoms with van der Waals surface area (Å²) in [6.07, 6.45) is 1.41. The summed E-state index contributed by atoms with van der Waals surface area (Å²) in [5.41, 5.74) is 2.21. The van der Waals surface area contributed by atoms with E-state index in [1.54, 1.807) is 0 Å². The van der Waals surface area contributed by atoms with Crippen LogP contribution in [0.4, 0.5) is 5.69 Å². The Bertz CT molecular complexity index is 754. The molecule has 2 heterocycles. The molecule has 0 bridgehead atoms. The number of aryl methyl sites for hydroxylation is 1. The Kier molecular flexibility index (Phi) is 4.90. The summed E-state index contributed by atoms with van der Waals surface area (Å²) in [6, 6.07) is 8.39. The van der Waals surface area contributed by atoms with Gasteiger partial charge in [0.15, 0.2) is 0 Å². The highest BCUT2D eigenvalue weighted by molar-refractivity contribution is 6.41. The monoisotopic (exact) mass is 352 g/mol. The van der Waals surface area contributed by atoms with Crippen LogP contribution in [0.1, 0.15) is 5.56 Å². The second-order valence-electron chi connectivity index (χ2n) is 5.64. The topological polar surface area (TPSA) is 41.4 Å². The van der Waals surface area contributed by atoms with Crippen molar-refractivity contribution < 1.29 is 0 Å². The summed E-state index contributed by atoms with van der Waals surface area (Å²) in [4.78, 5) is 16.6. The van der Waals surface area contributed by atoms with Gasteiger partial charge in [0.05, 0.1) is 17.9 Å². The standard InChI is InChI=1S/C16H18Cl2N4O/c1-12-4-2-3-5-14(12)21-8-6-20(7-9-21)11-22-16(23)15(18)13(17)10-19-22/h2-5,10H,6-9,11H2,1H3. The molecule has 0 amide bonds. The minimum atomic E-state index is -0.347. The lowest BCUT2D eigenvalue weighted by molar-refractivity contribution is 0.191. The molecule has 23 heavy (non-hydrogen) atoms. The van der Waals surface area contributed by atoms with E-state index < -0.39 is 0 Å². The van der Waals surface area contributed by atoms with Crippen LogP contribution in [0, 0.1) is 6.92 Å². The first-order chi connectivity index (χ1) is 11.1. The minimum Gasteiger partial charge on any atom is -0.369 e. The van der Waals surface area contributed by atoms with Crippen molar-refractivity contribution in [1.29, 1.82) is 0 Å². The Labute approximate surface area is 145 Å². The quantitative estimate of drug-likeness (QED) is 0.851. The van der Waals surface area contributed by atoms with Gasteiger partial charge in [-0.3, -0.25) is 9.69 Å². The second-order valence-corrected chi connectivity index (χ2v) is 6.43. The summed E-state index contributed by atoms with van der Waals surface area (Å²) >= 11 is 11.7. The Morgan fingerprint density at radius 3 is 2.52 bits per heavy atom. The van der Waals surface area contributed by atoms with Crippen LogP contribution < -0.4 is 10.5 Å². The van der Waals surface area contributed by atoms with E-state index in [0.29, 0.717) is 6.67 Å². The third-order valence-corrected chi connectivity index (χ3v) is 4.85. The zero-order valence-corrected chi connectivity index (χ0v) is 14.4. The first-order valence-electron chi connectivity index (χ1n) is 7.50. The van der Waals surface area contributed by atoms with Crippen LogP contribution in [-0.4, -0.2) is 40.9 Å². The van der Waals surface area contributed by atoms with Gasteiger partial charge in [0.2, 0.25) is 0 Å². The Morgan fingerprint density at radius 1 is 1.13 bits per heavy atom. The minimum absolute atomic E-state index is 0.0280. The van der Waals surface area contributed by atoms with E-state index >= 15 is 0 Å². The molecule has 0 spiro atoms. The van der Waals surface area contributed by atoms with Crippen LogP contribution in [0.3, 0.4) is 0 Å². The molecule has 3 rings (SSSR count). The van der Waals surface area contributed by atoms with Gasteiger partial charge in [-0.25, -0.2) is 4.68 Å². The predicted octanol–water partition coefficient (Wildman–Crippen LogP) is 2.64. The fraction of sp³-hybridized carbons (Fsp3) is 0.375. The van der Waals surface area contributed by atoms with Crippen LogP contribution >= 0.6 is 23.2 Å². The van der Waals surface area contributed by atoms with E-state index in [9.17, 15) is 4.79 Å². The summed E-state index contributed by atoms with van der Waals surface area (Å²) in [7, 11) is 0. The van der Waals surface area contributed by atoms with Gasteiger partial charge < -0.3 is 4.90 Å². The maximum Gasteiger partial charge on any atom is 0.288 e. The number of aromatic nitrogens is 2. The molecule has 1 aromatic carbocycles. The Hall–Kier alpha value is -1.56. The molecule has 1 saturated heterocycles. The molecule has 5 nitrogen and oxygen atoms in total. The van der Waals surface area contributed by atoms with Crippen molar-refractivity contribution in [3.05, 3.63) is 56.4 Å². The summed E-state index contributed by atoms with van der Waals surface area (Å²) in [5, 5.41) is 4.28. The zero-order valence-electron chi connectivity index (χ0n) is 12.9. The van der Waals surface area contributed by atoms with E-state index in [0.717, 1.165) is 26.2 Å². The third-order valence-electron chi connectivity index (χ3n) is 4.10. The van der Waals surface area contributed by atoms with Crippen LogP contribution in [0.25, 0.3) is 0 Å². The summed E-state index contributed by atoms with van der Waals surface area (Å²) < 4.78 is 1.36. The third kappa shape index (κ3) is 3.52. The van der Waals surface area contributed by atoms with E-state index in [4.69, 9.17) is 23.2 Å². The lowest BCUT2D eigenvalue weighted by Gasteiger charge is -2.36. The number of para-hydroxylation sites is 1. The van der Waals surface area contributed by atoms with Crippen LogP contribution in [-0.2, 0) is 6.67 Å². The van der Waals surface area contributed by atoms with Crippen molar-refractivity contribution >= 4 is 28.9 Å². The number of piperazine rings is 1. The molecule has 7 heteroatoms. The molecule has 0 aliphatic carbocycles. The van der Waals surface area contributed by atoms with Gasteiger partial charge in [0.1, 0.15) is 5.02 Å². The number of hydrogen-bond donors (Lipinski definition) is 0. The molecule has 1 aromatic heterocycles. The molecule has 1 aliphatic rings. The predicted molar refractivity (Wildman–Crippen MR) is 93.5 cm³/mol. The number of halogens is 2. The lowest BCUT2D eigenvalue weighted by Crippen LogP contribution is -2.48. The number of benzene rings is 1. The largest absolute Gasteiger partial charge is 0.369 e. The smallest absolute Gasteiger partial charge is 0.288 e. The highest BCUT2D eigenvalue weighted by atomic mass is 35.5. The van der Waals surface area contributed by atoms with Crippen molar-refractivity contribution in [3.63, 3.8) is 0 Å². The van der Waals surface area contributed by atoms with Gasteiger partial charge in [-0.2, -0.15) is 5.10 Å². The average Bonchev–Trinajstić information content (AvgIpc) is 2.57. The number of nitrogens with zero attached hydrogens (tertiary/aromatic N) is 4. The van der Waals surface area contributed by atoms with Crippen LogP contribution in [0.5, 0.6) is 0 Å². The van der Waals surface area contributed by atoms with Crippen molar-refractivity contribution in [2.24, 2.45) is 0 Å². The second kappa shape index (κ2) is 6.91. The fourth-order valence-corrected chi connectivity index (χ4v) is 3.05. The van der Waals surface area contributed by atoms with Crippen molar-refractivity contribution in [3.8, 4) is 0 Å². The number of anilines is 1. The SMILES string of the molecule is Cc1ccccc1N1CCN(Cn2ncc(Cl)c(Cl)c2=O)CC1. The highest BCUT2D eigenvalue weighted by Gasteiger charge is 2.19. The molecule has 0 saturated carbocycles. The zero-order chi connectivity index (χ0) is 16.4. The molecule has 122 valence electrons. The fourth-order valence-electron chi connectivity index (χ4n) is 2.78. The average molecular weight is 353 g/mol. The summed E-state index contributed by atoms with van der Waals surface area (Å²) in [5.74, 6) is 0. The maximum atomic E-state index is 12.0. The number of rotatable bonds is 3. The maximum absolute atomic E-state index is 12.0. The molecule has 1 aliphatic heterocycles. The number of hydrogen-bond acceptors (Lipinski definition) is 4. The van der Waals surface area contributed by atoms with Crippen molar-refractivity contribution in [2.45, 2.75) is 13.6 Å². The van der Waals surface area contributed by atoms with Gasteiger partial charge in [-0.1, -0.05) is 41.4 Å². The Balaban J connectivity index is 1.65. The first kappa shape index (κ1) is 16.3. The molecule has 0 radical (unpaired) electrons. The van der Waals surface area contributed by atoms with Crippen molar-refractivity contribution in [1.82, 2.24) is 14.7 Å². The molecule has 0 unspecified atom stereocenters. The van der Waals surface area contributed by atoms with Crippen molar-refractivity contribution in [2.75, 3.05) is 31.1 Å². The molecular formula is C16H18Cl2N4O. The molecular weight excluding hydrogens is 335 g/mol. The molecule has 1 fully saturated rings. The lowest BCUT2D eigenvalue weighted by atomic mass is 10.1. The van der Waals surface area contributed by atoms with E-state index in [-0.39, 0.29) is 15.6 Å². The molecule has 0 atom stereocenters. The van der Waals surface area contributed by atoms with E-state index in [1.165, 1.54) is 22.1 Å². The molecule has 0 N–H and O–H groups in total.